The molecule has 3 aromatic carbocycles. The van der Waals surface area contributed by atoms with Crippen molar-refractivity contribution in [3.8, 4) is 0 Å². The molecular weight excluding hydrogens is 352 g/mol. The molecular formula is C23H22N2OS. The van der Waals surface area contributed by atoms with E-state index in [0.29, 0.717) is 23.8 Å². The molecule has 27 heavy (non-hydrogen) atoms. The summed E-state index contributed by atoms with van der Waals surface area (Å²) in [6, 6.07) is 27.7. The van der Waals surface area contributed by atoms with Crippen LogP contribution in [-0.2, 0) is 13.1 Å². The number of rotatable bonds is 5. The van der Waals surface area contributed by atoms with Crippen LogP contribution in [0.4, 0.5) is 0 Å². The highest BCUT2D eigenvalue weighted by Gasteiger charge is 2.15. The molecule has 0 saturated carbocycles. The van der Waals surface area contributed by atoms with Gasteiger partial charge in [0, 0.05) is 18.7 Å². The van der Waals surface area contributed by atoms with Gasteiger partial charge in [0.25, 0.3) is 5.91 Å². The fourth-order valence-corrected chi connectivity index (χ4v) is 3.06. The van der Waals surface area contributed by atoms with Crippen molar-refractivity contribution in [1.82, 2.24) is 10.2 Å². The monoisotopic (exact) mass is 374 g/mol. The summed E-state index contributed by atoms with van der Waals surface area (Å²) in [6.07, 6.45) is 0. The summed E-state index contributed by atoms with van der Waals surface area (Å²) < 4.78 is 0. The summed E-state index contributed by atoms with van der Waals surface area (Å²) in [7, 11) is 0. The second kappa shape index (κ2) is 9.10. The molecule has 0 aromatic heterocycles. The SMILES string of the molecule is Cc1cccc(C(=O)NC(=S)N(Cc2ccccc2)Cc2ccccc2)c1. The number of thiocarbonyl (C=S) groups is 1. The Labute approximate surface area is 165 Å². The minimum absolute atomic E-state index is 0.185. The molecule has 3 aromatic rings. The molecule has 3 rings (SSSR count). The Hall–Kier alpha value is -2.98. The maximum atomic E-state index is 12.6. The normalized spacial score (nSPS) is 10.3. The van der Waals surface area contributed by atoms with E-state index < -0.39 is 0 Å². The minimum atomic E-state index is -0.185. The number of carbonyl (C=O) groups is 1. The van der Waals surface area contributed by atoms with Crippen LogP contribution in [0.2, 0.25) is 0 Å². The summed E-state index contributed by atoms with van der Waals surface area (Å²) in [5.41, 5.74) is 3.93. The number of hydrogen-bond donors (Lipinski definition) is 1. The topological polar surface area (TPSA) is 32.3 Å². The second-order valence-electron chi connectivity index (χ2n) is 6.46. The van der Waals surface area contributed by atoms with E-state index in [9.17, 15) is 4.79 Å². The Morgan fingerprint density at radius 1 is 0.852 bits per heavy atom. The molecule has 4 heteroatoms. The maximum Gasteiger partial charge on any atom is 0.257 e. The van der Waals surface area contributed by atoms with Crippen LogP contribution < -0.4 is 5.32 Å². The fraction of sp³-hybridized carbons (Fsp3) is 0.130. The van der Waals surface area contributed by atoms with Gasteiger partial charge in [0.2, 0.25) is 0 Å². The van der Waals surface area contributed by atoms with Crippen LogP contribution in [0.25, 0.3) is 0 Å². The van der Waals surface area contributed by atoms with Crippen LogP contribution in [0.5, 0.6) is 0 Å². The van der Waals surface area contributed by atoms with Gasteiger partial charge in [0.1, 0.15) is 0 Å². The molecule has 0 spiro atoms. The predicted molar refractivity (Wildman–Crippen MR) is 113 cm³/mol. The summed E-state index contributed by atoms with van der Waals surface area (Å²) in [4.78, 5) is 14.6. The van der Waals surface area contributed by atoms with Gasteiger partial charge in [-0.2, -0.15) is 0 Å². The quantitative estimate of drug-likeness (QED) is 0.656. The Morgan fingerprint density at radius 3 is 1.93 bits per heavy atom. The first kappa shape index (κ1) is 18.8. The van der Waals surface area contributed by atoms with Crippen LogP contribution in [0.3, 0.4) is 0 Å². The zero-order valence-corrected chi connectivity index (χ0v) is 16.1. The lowest BCUT2D eigenvalue weighted by molar-refractivity contribution is 0.0972. The zero-order chi connectivity index (χ0) is 19.1. The highest BCUT2D eigenvalue weighted by Crippen LogP contribution is 2.11. The Kier molecular flexibility index (Phi) is 6.34. The Bertz CT molecular complexity index is 868. The lowest BCUT2D eigenvalue weighted by Crippen LogP contribution is -2.42. The molecule has 3 nitrogen and oxygen atoms in total. The average Bonchev–Trinajstić information content (AvgIpc) is 2.69. The van der Waals surface area contributed by atoms with Crippen molar-refractivity contribution in [2.75, 3.05) is 0 Å². The first-order valence-electron chi connectivity index (χ1n) is 8.86. The van der Waals surface area contributed by atoms with Gasteiger partial charge >= 0.3 is 0 Å². The van der Waals surface area contributed by atoms with E-state index >= 15 is 0 Å². The summed E-state index contributed by atoms with van der Waals surface area (Å²) >= 11 is 5.58. The van der Waals surface area contributed by atoms with Gasteiger partial charge < -0.3 is 4.90 Å². The summed E-state index contributed by atoms with van der Waals surface area (Å²) in [5.74, 6) is -0.185. The Balaban J connectivity index is 1.76. The van der Waals surface area contributed by atoms with E-state index in [1.165, 1.54) is 0 Å². The van der Waals surface area contributed by atoms with Crippen molar-refractivity contribution in [1.29, 1.82) is 0 Å². The van der Waals surface area contributed by atoms with Crippen molar-refractivity contribution in [3.05, 3.63) is 107 Å². The van der Waals surface area contributed by atoms with Crippen LogP contribution in [0, 0.1) is 6.92 Å². The first-order chi connectivity index (χ1) is 13.1. The highest BCUT2D eigenvalue weighted by molar-refractivity contribution is 7.80. The summed E-state index contributed by atoms with van der Waals surface area (Å²) in [6.45, 7) is 3.22. The number of benzene rings is 3. The van der Waals surface area contributed by atoms with Gasteiger partial charge in [-0.15, -0.1) is 0 Å². The van der Waals surface area contributed by atoms with Crippen LogP contribution in [-0.4, -0.2) is 15.9 Å². The molecule has 1 N–H and O–H groups in total. The van der Waals surface area contributed by atoms with E-state index in [1.54, 1.807) is 6.07 Å². The molecule has 0 unspecified atom stereocenters. The molecule has 0 aliphatic heterocycles. The molecule has 0 heterocycles. The van der Waals surface area contributed by atoms with E-state index in [2.05, 4.69) is 29.6 Å². The second-order valence-corrected chi connectivity index (χ2v) is 6.84. The average molecular weight is 375 g/mol. The lowest BCUT2D eigenvalue weighted by atomic mass is 10.1. The largest absolute Gasteiger partial charge is 0.340 e. The standard InChI is InChI=1S/C23H22N2OS/c1-18-9-8-14-21(15-18)22(26)24-23(27)25(16-19-10-4-2-5-11-19)17-20-12-6-3-7-13-20/h2-15H,16-17H2,1H3,(H,24,26,27). The molecule has 0 fully saturated rings. The van der Waals surface area contributed by atoms with Crippen molar-refractivity contribution < 1.29 is 4.79 Å². The highest BCUT2D eigenvalue weighted by atomic mass is 32.1. The van der Waals surface area contributed by atoms with E-state index in [-0.39, 0.29) is 5.91 Å². The van der Waals surface area contributed by atoms with Crippen molar-refractivity contribution in [2.24, 2.45) is 0 Å². The maximum absolute atomic E-state index is 12.6. The number of hydrogen-bond acceptors (Lipinski definition) is 2. The molecule has 0 atom stereocenters. The molecule has 0 radical (unpaired) electrons. The summed E-state index contributed by atoms with van der Waals surface area (Å²) in [5, 5.41) is 3.31. The molecule has 136 valence electrons. The van der Waals surface area contributed by atoms with E-state index in [1.807, 2.05) is 66.4 Å². The van der Waals surface area contributed by atoms with Crippen LogP contribution in [0.15, 0.2) is 84.9 Å². The minimum Gasteiger partial charge on any atom is -0.340 e. The van der Waals surface area contributed by atoms with Crippen LogP contribution in [0.1, 0.15) is 27.0 Å². The number of nitrogens with one attached hydrogen (secondary N) is 1. The number of amides is 1. The fourth-order valence-electron chi connectivity index (χ4n) is 2.84. The van der Waals surface area contributed by atoms with Gasteiger partial charge in [0.05, 0.1) is 0 Å². The van der Waals surface area contributed by atoms with Gasteiger partial charge in [-0.25, -0.2) is 0 Å². The lowest BCUT2D eigenvalue weighted by Gasteiger charge is -2.26. The molecule has 0 bridgehead atoms. The molecule has 0 aliphatic rings. The first-order valence-corrected chi connectivity index (χ1v) is 9.27. The van der Waals surface area contributed by atoms with Gasteiger partial charge in [-0.1, -0.05) is 78.4 Å². The number of carbonyl (C=O) groups excluding carboxylic acids is 1. The van der Waals surface area contributed by atoms with Crippen molar-refractivity contribution >= 4 is 23.2 Å². The smallest absolute Gasteiger partial charge is 0.257 e. The number of nitrogens with zero attached hydrogens (tertiary/aromatic N) is 1. The van der Waals surface area contributed by atoms with E-state index in [0.717, 1.165) is 16.7 Å². The molecule has 0 saturated heterocycles. The third-order valence-corrected chi connectivity index (χ3v) is 4.58. The predicted octanol–water partition coefficient (Wildman–Crippen LogP) is 4.71. The van der Waals surface area contributed by atoms with Crippen LogP contribution >= 0.6 is 12.2 Å². The van der Waals surface area contributed by atoms with E-state index in [4.69, 9.17) is 12.2 Å². The van der Waals surface area contributed by atoms with Gasteiger partial charge in [0.15, 0.2) is 5.11 Å². The zero-order valence-electron chi connectivity index (χ0n) is 15.3. The third-order valence-electron chi connectivity index (χ3n) is 4.22. The van der Waals surface area contributed by atoms with Gasteiger partial charge in [-0.05, 0) is 42.4 Å². The van der Waals surface area contributed by atoms with Gasteiger partial charge in [-0.3, -0.25) is 10.1 Å². The van der Waals surface area contributed by atoms with Crippen molar-refractivity contribution in [3.63, 3.8) is 0 Å². The third kappa shape index (κ3) is 5.50. The number of aryl methyl sites for hydroxylation is 1. The molecule has 0 aliphatic carbocycles. The Morgan fingerprint density at radius 2 is 1.41 bits per heavy atom. The molecule has 1 amide bonds. The van der Waals surface area contributed by atoms with Crippen molar-refractivity contribution in [2.45, 2.75) is 20.0 Å².